The Bertz CT molecular complexity index is 1970. The quantitative estimate of drug-likeness (QED) is 0.171. The van der Waals surface area contributed by atoms with Gasteiger partial charge in [-0.1, -0.05) is 66.3 Å². The molecule has 44 heavy (non-hydrogen) atoms. The number of carbonyl (C=O) groups is 2. The summed E-state index contributed by atoms with van der Waals surface area (Å²) in [6, 6.07) is 7.73. The Morgan fingerprint density at radius 1 is 0.818 bits per heavy atom. The van der Waals surface area contributed by atoms with Crippen LogP contribution in [0.5, 0.6) is 0 Å². The predicted octanol–water partition coefficient (Wildman–Crippen LogP) is 6.29. The Morgan fingerprint density at radius 3 is 2.05 bits per heavy atom. The van der Waals surface area contributed by atoms with Crippen LogP contribution in [0.1, 0.15) is 78.1 Å². The van der Waals surface area contributed by atoms with Crippen molar-refractivity contribution >= 4 is 62.4 Å². The van der Waals surface area contributed by atoms with Crippen LogP contribution in [0.25, 0.3) is 50.4 Å². The van der Waals surface area contributed by atoms with Gasteiger partial charge in [0.15, 0.2) is 0 Å². The molecule has 9 heteroatoms. The van der Waals surface area contributed by atoms with E-state index in [2.05, 4.69) is 20.2 Å². The van der Waals surface area contributed by atoms with Gasteiger partial charge in [-0.3, -0.25) is 9.59 Å². The fourth-order valence-corrected chi connectivity index (χ4v) is 5.92. The second-order valence-electron chi connectivity index (χ2n) is 10.9. The summed E-state index contributed by atoms with van der Waals surface area (Å²) < 4.78 is 1.79. The molecular weight excluding hydrogens is 596 g/mol. The summed E-state index contributed by atoms with van der Waals surface area (Å²) in [6.45, 7) is 15.9. The molecule has 0 saturated heterocycles. The normalized spacial score (nSPS) is 12.7. The summed E-state index contributed by atoms with van der Waals surface area (Å²) in [6.07, 6.45) is 4.06. The number of aromatic nitrogens is 4. The third-order valence-electron chi connectivity index (χ3n) is 8.40. The van der Waals surface area contributed by atoms with Crippen molar-refractivity contribution in [1.82, 2.24) is 15.0 Å². The summed E-state index contributed by atoms with van der Waals surface area (Å²) >= 11 is 0. The van der Waals surface area contributed by atoms with Crippen molar-refractivity contribution in [3.05, 3.63) is 95.6 Å². The van der Waals surface area contributed by atoms with E-state index in [1.54, 1.807) is 16.7 Å². The molecule has 0 saturated carbocycles. The number of aryl methyl sites for hydroxylation is 3. The Kier molecular flexibility index (Phi) is 9.23. The van der Waals surface area contributed by atoms with Crippen molar-refractivity contribution in [2.24, 2.45) is 0 Å². The molecule has 2 aliphatic rings. The number of fused-ring (bicyclic) bond motifs is 8. The molecule has 0 aliphatic carbocycles. The van der Waals surface area contributed by atoms with Crippen LogP contribution in [0.15, 0.2) is 43.5 Å². The van der Waals surface area contributed by atoms with Crippen molar-refractivity contribution in [3.8, 4) is 0 Å². The Balaban J connectivity index is 0.00000442. The maximum absolute atomic E-state index is 11.6. The number of nitrogens with zero attached hydrogens (tertiary/aromatic N) is 4. The van der Waals surface area contributed by atoms with E-state index in [9.17, 15) is 19.8 Å². The monoisotopic (exact) mass is 630 g/mol. The van der Waals surface area contributed by atoms with E-state index in [1.807, 2.05) is 52.0 Å². The molecule has 8 nitrogen and oxygen atoms in total. The first-order valence-electron chi connectivity index (χ1n) is 14.1. The first kappa shape index (κ1) is 32.3. The fraction of sp³-hybridized carbons (Fsp3) is 0.229. The van der Waals surface area contributed by atoms with Gasteiger partial charge in [0.1, 0.15) is 11.4 Å². The van der Waals surface area contributed by atoms with Crippen molar-refractivity contribution in [1.29, 1.82) is 0 Å². The molecule has 0 amide bonds. The van der Waals surface area contributed by atoms with Crippen molar-refractivity contribution in [2.75, 3.05) is 0 Å². The van der Waals surface area contributed by atoms with Gasteiger partial charge in [0.2, 0.25) is 0 Å². The van der Waals surface area contributed by atoms with Crippen molar-refractivity contribution in [3.63, 3.8) is 0 Å². The first-order valence-corrected chi connectivity index (χ1v) is 14.1. The van der Waals surface area contributed by atoms with E-state index in [1.165, 1.54) is 0 Å². The number of allylic oxidation sites excluding steroid dienone is 5. The summed E-state index contributed by atoms with van der Waals surface area (Å²) in [5.41, 5.74) is 12.9. The molecule has 2 N–H and O–H groups in total. The van der Waals surface area contributed by atoms with Crippen LogP contribution in [0.3, 0.4) is 0 Å². The molecule has 0 unspecified atom stereocenters. The van der Waals surface area contributed by atoms with E-state index in [4.69, 9.17) is 15.0 Å². The number of carboxylic acid groups (broad SMARTS) is 2. The smallest absolute Gasteiger partial charge is 0.658 e. The third-order valence-corrected chi connectivity index (χ3v) is 8.40. The minimum atomic E-state index is -0.898. The topological polar surface area (TPSA) is 120 Å². The minimum absolute atomic E-state index is 0. The number of hydrogen-bond acceptors (Lipinski definition) is 3. The van der Waals surface area contributed by atoms with Crippen molar-refractivity contribution < 1.29 is 41.4 Å². The molecular formula is C35H34FeN4O4+. The molecule has 0 atom stereocenters. The molecule has 8 bridgehead atoms. The summed E-state index contributed by atoms with van der Waals surface area (Å²) in [5.74, 6) is -1.80. The van der Waals surface area contributed by atoms with Gasteiger partial charge < -0.3 is 24.7 Å². The van der Waals surface area contributed by atoms with E-state index in [0.29, 0.717) is 29.6 Å². The fourth-order valence-electron chi connectivity index (χ4n) is 5.92. The van der Waals surface area contributed by atoms with Gasteiger partial charge in [-0.25, -0.2) is 4.98 Å². The van der Waals surface area contributed by atoms with Gasteiger partial charge >= 0.3 is 29.0 Å². The van der Waals surface area contributed by atoms with Crippen LogP contribution in [0.2, 0.25) is 0 Å². The number of hydrogen-bond donors (Lipinski definition) is 2. The zero-order valence-electron chi connectivity index (χ0n) is 25.3. The molecule has 5 heterocycles. The SMILES string of the molecule is C=CC1=C(C)c2cc3[n-]c(cc4[n+]([CH2-])c(cc5[n-]c(cc1n2)c(C)c5C=C)C(C)=C4CCC(=O)O)c(CCC(=O)O)c3C.[Fe+3]. The second-order valence-corrected chi connectivity index (χ2v) is 10.9. The Hall–Kier alpha value is -4.59. The van der Waals surface area contributed by atoms with E-state index in [0.717, 1.165) is 72.7 Å². The standard InChI is InChI=1S/C35H36N4O4.Fe/c1-8-22-18(3)26-14-27-20(5)24(10-12-34(40)41)31(38-27)17-33-25(11-13-35(42)43)21(6)32(39(33)7)16-30-23(9-2)19(4)28(37-30)15-29(22)36-26;/h8-9,14-17H,1-2,7,10-13H2,3-6H3,(H4,36,37,38,40,41,42,43);/q;+3/p-2. The second kappa shape index (κ2) is 12.6. The number of carboxylic acids is 2. The van der Waals surface area contributed by atoms with Gasteiger partial charge in [-0.2, -0.15) is 0 Å². The molecule has 2 aliphatic heterocycles. The van der Waals surface area contributed by atoms with Crippen LogP contribution in [-0.2, 0) is 33.1 Å². The summed E-state index contributed by atoms with van der Waals surface area (Å²) in [7, 11) is 4.35. The molecule has 225 valence electrons. The Morgan fingerprint density at radius 2 is 1.41 bits per heavy atom. The van der Waals surface area contributed by atoms with Gasteiger partial charge in [-0.15, -0.1) is 22.1 Å². The van der Waals surface area contributed by atoms with Crippen LogP contribution in [0.4, 0.5) is 0 Å². The van der Waals surface area contributed by atoms with Crippen LogP contribution in [0, 0.1) is 20.9 Å². The molecule has 0 aromatic carbocycles. The van der Waals surface area contributed by atoms with Gasteiger partial charge in [0, 0.05) is 25.5 Å². The molecule has 5 rings (SSSR count). The average Bonchev–Trinajstić information content (AvgIpc) is 3.59. The molecule has 1 radical (unpaired) electrons. The molecule has 3 aromatic heterocycles. The minimum Gasteiger partial charge on any atom is -0.658 e. The van der Waals surface area contributed by atoms with Crippen LogP contribution >= 0.6 is 0 Å². The van der Waals surface area contributed by atoms with E-state index >= 15 is 0 Å². The third kappa shape index (κ3) is 5.68. The van der Waals surface area contributed by atoms with Crippen LogP contribution < -0.4 is 14.5 Å². The van der Waals surface area contributed by atoms with Gasteiger partial charge in [0.25, 0.3) is 0 Å². The van der Waals surface area contributed by atoms with Gasteiger partial charge in [0.05, 0.1) is 11.4 Å². The largest absolute Gasteiger partial charge is 3.00 e. The maximum Gasteiger partial charge on any atom is 3.00 e. The zero-order chi connectivity index (χ0) is 31.2. The number of aliphatic carboxylic acids is 2. The molecule has 3 aromatic rings. The number of rotatable bonds is 8. The maximum atomic E-state index is 11.6. The van der Waals surface area contributed by atoms with E-state index in [-0.39, 0.29) is 29.9 Å². The Labute approximate surface area is 267 Å². The average molecular weight is 631 g/mol. The molecule has 0 spiro atoms. The summed E-state index contributed by atoms with van der Waals surface area (Å²) in [4.78, 5) is 38.0. The van der Waals surface area contributed by atoms with Gasteiger partial charge in [-0.05, 0) is 62.8 Å². The van der Waals surface area contributed by atoms with E-state index < -0.39 is 11.9 Å². The zero-order valence-corrected chi connectivity index (χ0v) is 26.4. The predicted molar refractivity (Wildman–Crippen MR) is 170 cm³/mol. The van der Waals surface area contributed by atoms with Crippen LogP contribution in [-0.4, -0.2) is 27.1 Å². The summed E-state index contributed by atoms with van der Waals surface area (Å²) in [5, 5.41) is 19.0. The molecule has 0 fully saturated rings. The first-order chi connectivity index (χ1) is 20.4. The van der Waals surface area contributed by atoms with Crippen molar-refractivity contribution in [2.45, 2.75) is 53.4 Å².